The molecule has 1 rings (SSSR count). The molecule has 1 heterocycles. The molecular weight excluding hydrogens is 176 g/mol. The van der Waals surface area contributed by atoms with E-state index in [1.165, 1.54) is 12.3 Å². The summed E-state index contributed by atoms with van der Waals surface area (Å²) in [5.41, 5.74) is 1.18. The van der Waals surface area contributed by atoms with Crippen LogP contribution in [0, 0.1) is 13.8 Å². The summed E-state index contributed by atoms with van der Waals surface area (Å²) in [6, 6.07) is 1.32. The third-order valence-electron chi connectivity index (χ3n) is 1.92. The lowest BCUT2D eigenvalue weighted by atomic mass is 10.1. The van der Waals surface area contributed by atoms with E-state index >= 15 is 0 Å². The number of halogens is 2. The van der Waals surface area contributed by atoms with E-state index in [0.717, 1.165) is 0 Å². The molecule has 1 aromatic rings. The van der Waals surface area contributed by atoms with Crippen LogP contribution in [-0.2, 0) is 0 Å². The van der Waals surface area contributed by atoms with Crippen LogP contribution in [-0.4, -0.2) is 17.2 Å². The predicted molar refractivity (Wildman–Crippen MR) is 44.0 cm³/mol. The quantitative estimate of drug-likeness (QED) is 0.661. The summed E-state index contributed by atoms with van der Waals surface area (Å²) < 4.78 is 24.1. The first-order chi connectivity index (χ1) is 6.04. The van der Waals surface area contributed by atoms with Crippen molar-refractivity contribution >= 4 is 5.78 Å². The second-order valence-corrected chi connectivity index (χ2v) is 2.73. The number of hydrogen-bond acceptors (Lipinski definition) is 2. The fraction of sp³-hybridized carbons (Fsp3) is 0.333. The minimum atomic E-state index is -2.94. The van der Waals surface area contributed by atoms with Crippen LogP contribution in [0.15, 0.2) is 12.3 Å². The molecule has 0 radical (unpaired) electrons. The monoisotopic (exact) mass is 185 g/mol. The molecule has 13 heavy (non-hydrogen) atoms. The van der Waals surface area contributed by atoms with Crippen molar-refractivity contribution in [1.82, 2.24) is 4.98 Å². The SMILES string of the molecule is Cc1nccc(C(=O)C(F)F)c1C. The Morgan fingerprint density at radius 2 is 2.08 bits per heavy atom. The first-order valence-corrected chi connectivity index (χ1v) is 3.78. The van der Waals surface area contributed by atoms with Crippen molar-refractivity contribution < 1.29 is 13.6 Å². The Labute approximate surface area is 74.6 Å². The lowest BCUT2D eigenvalue weighted by Crippen LogP contribution is -2.12. The Morgan fingerprint density at radius 3 is 2.62 bits per heavy atom. The van der Waals surface area contributed by atoms with Gasteiger partial charge in [0.05, 0.1) is 0 Å². The summed E-state index contributed by atoms with van der Waals surface area (Å²) in [4.78, 5) is 14.8. The van der Waals surface area contributed by atoms with Gasteiger partial charge in [0.1, 0.15) is 0 Å². The maximum absolute atomic E-state index is 12.1. The molecular formula is C9H9F2NO. The lowest BCUT2D eigenvalue weighted by Gasteiger charge is -2.05. The van der Waals surface area contributed by atoms with Gasteiger partial charge >= 0.3 is 6.43 Å². The van der Waals surface area contributed by atoms with E-state index in [4.69, 9.17) is 0 Å². The Balaban J connectivity index is 3.15. The van der Waals surface area contributed by atoms with E-state index in [-0.39, 0.29) is 5.56 Å². The summed E-state index contributed by atoms with van der Waals surface area (Å²) in [6.45, 7) is 3.29. The number of aryl methyl sites for hydroxylation is 1. The van der Waals surface area contributed by atoms with E-state index in [1.807, 2.05) is 0 Å². The van der Waals surface area contributed by atoms with Crippen LogP contribution in [0.3, 0.4) is 0 Å². The van der Waals surface area contributed by atoms with Crippen LogP contribution in [0.5, 0.6) is 0 Å². The largest absolute Gasteiger partial charge is 0.300 e. The van der Waals surface area contributed by atoms with Gasteiger partial charge in [0, 0.05) is 17.5 Å². The van der Waals surface area contributed by atoms with Crippen LogP contribution >= 0.6 is 0 Å². The molecule has 0 saturated heterocycles. The minimum absolute atomic E-state index is 0.0579. The molecule has 0 aliphatic rings. The van der Waals surface area contributed by atoms with Gasteiger partial charge in [-0.1, -0.05) is 0 Å². The van der Waals surface area contributed by atoms with E-state index in [9.17, 15) is 13.6 Å². The molecule has 4 heteroatoms. The predicted octanol–water partition coefficient (Wildman–Crippen LogP) is 2.15. The number of alkyl halides is 2. The molecule has 0 saturated carbocycles. The Kier molecular flexibility index (Phi) is 2.70. The molecule has 0 aliphatic heterocycles. The summed E-state index contributed by atoms with van der Waals surface area (Å²) in [7, 11) is 0. The molecule has 70 valence electrons. The molecule has 0 aromatic carbocycles. The Hall–Kier alpha value is -1.32. The molecule has 0 aliphatic carbocycles. The standard InChI is InChI=1S/C9H9F2NO/c1-5-6(2)12-4-3-7(5)8(13)9(10)11/h3-4,9H,1-2H3. The normalized spacial score (nSPS) is 10.5. The highest BCUT2D eigenvalue weighted by atomic mass is 19.3. The van der Waals surface area contributed by atoms with E-state index < -0.39 is 12.2 Å². The second-order valence-electron chi connectivity index (χ2n) is 2.73. The van der Waals surface area contributed by atoms with Crippen LogP contribution in [0.25, 0.3) is 0 Å². The van der Waals surface area contributed by atoms with Crippen molar-refractivity contribution in [2.75, 3.05) is 0 Å². The highest BCUT2D eigenvalue weighted by Crippen LogP contribution is 2.14. The molecule has 0 spiro atoms. The molecule has 0 N–H and O–H groups in total. The van der Waals surface area contributed by atoms with Gasteiger partial charge in [0.25, 0.3) is 0 Å². The zero-order valence-corrected chi connectivity index (χ0v) is 7.34. The summed E-state index contributed by atoms with van der Waals surface area (Å²) in [6.07, 6.45) is -1.58. The van der Waals surface area contributed by atoms with Crippen LogP contribution in [0.1, 0.15) is 21.6 Å². The first kappa shape index (κ1) is 9.77. The number of Topliss-reactive ketones (excluding diaryl/α,β-unsaturated/α-hetero) is 1. The number of pyridine rings is 1. The molecule has 0 bridgehead atoms. The fourth-order valence-corrected chi connectivity index (χ4v) is 1.02. The van der Waals surface area contributed by atoms with Crippen molar-refractivity contribution in [2.45, 2.75) is 20.3 Å². The van der Waals surface area contributed by atoms with Crippen molar-refractivity contribution in [2.24, 2.45) is 0 Å². The molecule has 0 unspecified atom stereocenters. The van der Waals surface area contributed by atoms with Gasteiger partial charge in [-0.05, 0) is 25.5 Å². The highest BCUT2D eigenvalue weighted by Gasteiger charge is 2.20. The van der Waals surface area contributed by atoms with Gasteiger partial charge in [-0.2, -0.15) is 0 Å². The maximum atomic E-state index is 12.1. The van der Waals surface area contributed by atoms with Gasteiger partial charge in [-0.3, -0.25) is 9.78 Å². The van der Waals surface area contributed by atoms with E-state index in [1.54, 1.807) is 13.8 Å². The first-order valence-electron chi connectivity index (χ1n) is 3.78. The maximum Gasteiger partial charge on any atom is 0.300 e. The van der Waals surface area contributed by atoms with Gasteiger partial charge < -0.3 is 0 Å². The topological polar surface area (TPSA) is 30.0 Å². The average molecular weight is 185 g/mol. The third kappa shape index (κ3) is 1.88. The number of carbonyl (C=O) groups is 1. The number of hydrogen-bond donors (Lipinski definition) is 0. The highest BCUT2D eigenvalue weighted by molar-refractivity contribution is 5.99. The van der Waals surface area contributed by atoms with Crippen molar-refractivity contribution in [3.05, 3.63) is 29.1 Å². The Morgan fingerprint density at radius 1 is 1.46 bits per heavy atom. The molecule has 0 fully saturated rings. The average Bonchev–Trinajstić information content (AvgIpc) is 2.08. The number of aromatic nitrogens is 1. The van der Waals surface area contributed by atoms with Crippen molar-refractivity contribution in [3.63, 3.8) is 0 Å². The summed E-state index contributed by atoms with van der Waals surface area (Å²) in [5, 5.41) is 0. The molecule has 0 atom stereocenters. The number of carbonyl (C=O) groups excluding carboxylic acids is 1. The van der Waals surface area contributed by atoms with E-state index in [2.05, 4.69) is 4.98 Å². The van der Waals surface area contributed by atoms with Crippen LogP contribution in [0.4, 0.5) is 8.78 Å². The number of nitrogens with zero attached hydrogens (tertiary/aromatic N) is 1. The van der Waals surface area contributed by atoms with Gasteiger partial charge in [0.2, 0.25) is 5.78 Å². The van der Waals surface area contributed by atoms with Crippen LogP contribution in [0.2, 0.25) is 0 Å². The number of rotatable bonds is 2. The zero-order valence-electron chi connectivity index (χ0n) is 7.34. The van der Waals surface area contributed by atoms with Crippen LogP contribution < -0.4 is 0 Å². The molecule has 1 aromatic heterocycles. The minimum Gasteiger partial charge on any atom is -0.288 e. The Bertz CT molecular complexity index is 336. The van der Waals surface area contributed by atoms with Crippen molar-refractivity contribution in [3.8, 4) is 0 Å². The lowest BCUT2D eigenvalue weighted by molar-refractivity contribution is 0.0678. The van der Waals surface area contributed by atoms with Gasteiger partial charge in [-0.25, -0.2) is 8.78 Å². The summed E-state index contributed by atoms with van der Waals surface area (Å²) >= 11 is 0. The number of ketones is 1. The fourth-order valence-electron chi connectivity index (χ4n) is 1.02. The molecule has 2 nitrogen and oxygen atoms in total. The summed E-state index contributed by atoms with van der Waals surface area (Å²) in [5.74, 6) is -1.14. The van der Waals surface area contributed by atoms with Gasteiger partial charge in [0.15, 0.2) is 0 Å². The third-order valence-corrected chi connectivity index (χ3v) is 1.92. The second kappa shape index (κ2) is 3.60. The van der Waals surface area contributed by atoms with Gasteiger partial charge in [-0.15, -0.1) is 0 Å². The van der Waals surface area contributed by atoms with E-state index in [0.29, 0.717) is 11.3 Å². The zero-order chi connectivity index (χ0) is 10.0. The van der Waals surface area contributed by atoms with Crippen molar-refractivity contribution in [1.29, 1.82) is 0 Å². The molecule has 0 amide bonds. The smallest absolute Gasteiger partial charge is 0.288 e.